The number of aliphatic hydroxyl groups excluding tert-OH is 1. The van der Waals surface area contributed by atoms with E-state index in [1.807, 2.05) is 0 Å². The van der Waals surface area contributed by atoms with Gasteiger partial charge in [0.2, 0.25) is 16.0 Å². The minimum atomic E-state index is -3.09. The summed E-state index contributed by atoms with van der Waals surface area (Å²) in [6.07, 6.45) is 8.01. The highest BCUT2D eigenvalue weighted by Crippen LogP contribution is 2.49. The molecule has 30 heavy (non-hydrogen) atoms. The first kappa shape index (κ1) is 22.7. The average Bonchev–Trinajstić information content (AvgIpc) is 2.93. The second-order valence-electron chi connectivity index (χ2n) is 7.97. The van der Waals surface area contributed by atoms with E-state index in [0.717, 1.165) is 31.4 Å². The molecule has 4 rings (SSSR count). The van der Waals surface area contributed by atoms with Gasteiger partial charge in [0.25, 0.3) is 0 Å². The van der Waals surface area contributed by atoms with E-state index in [1.165, 1.54) is 17.0 Å². The Morgan fingerprint density at radius 1 is 1.43 bits per heavy atom. The summed E-state index contributed by atoms with van der Waals surface area (Å²) in [7, 11) is -3.09. The molecule has 0 aromatic carbocycles. The molecule has 2 aromatic rings. The summed E-state index contributed by atoms with van der Waals surface area (Å²) < 4.78 is 24.9. The molecule has 1 saturated heterocycles. The van der Waals surface area contributed by atoms with Gasteiger partial charge in [0, 0.05) is 18.5 Å². The molecule has 1 aliphatic carbocycles. The van der Waals surface area contributed by atoms with Crippen molar-refractivity contribution in [3.05, 3.63) is 22.5 Å². The minimum absolute atomic E-state index is 0.00190. The van der Waals surface area contributed by atoms with E-state index >= 15 is 0 Å². The second kappa shape index (κ2) is 8.67. The van der Waals surface area contributed by atoms with Crippen LogP contribution in [0.5, 0.6) is 0 Å². The number of nitrogens with two attached hydrogens (primary N) is 1. The molecule has 1 atom stereocenters. The van der Waals surface area contributed by atoms with E-state index in [2.05, 4.69) is 23.1 Å². The Bertz CT molecular complexity index is 1070. The first-order chi connectivity index (χ1) is 14.1. The Morgan fingerprint density at radius 3 is 2.60 bits per heavy atom. The number of fused-ring (bicyclic) bond motifs is 1. The van der Waals surface area contributed by atoms with Gasteiger partial charge in [-0.1, -0.05) is 24.9 Å². The fourth-order valence-corrected chi connectivity index (χ4v) is 5.36. The topological polar surface area (TPSA) is 138 Å². The molecule has 3 N–H and O–H groups in total. The normalized spacial score (nSPS) is 21.4. The molecule has 2 aliphatic rings. The molecular weight excluding hydrogens is 428 g/mol. The lowest BCUT2D eigenvalue weighted by atomic mass is 9.64. The van der Waals surface area contributed by atoms with Crippen molar-refractivity contribution < 1.29 is 13.5 Å². The smallest absolute Gasteiger partial charge is 0.238 e. The molecule has 2 fully saturated rings. The second-order valence-corrected chi connectivity index (χ2v) is 10.3. The molecule has 3 heterocycles. The number of piperidine rings is 1. The van der Waals surface area contributed by atoms with Crippen molar-refractivity contribution in [3.63, 3.8) is 0 Å². The van der Waals surface area contributed by atoms with E-state index in [-0.39, 0.29) is 17.9 Å². The van der Waals surface area contributed by atoms with Crippen LogP contribution >= 0.6 is 11.6 Å². The number of hydrogen-bond donors (Lipinski definition) is 2. The van der Waals surface area contributed by atoms with Crippen LogP contribution in [0, 0.1) is 11.3 Å². The number of hydrogen-bond acceptors (Lipinski definition) is 7. The summed E-state index contributed by atoms with van der Waals surface area (Å²) in [5.74, 6) is 0.190. The van der Waals surface area contributed by atoms with Crippen LogP contribution < -0.4 is 5.73 Å². The zero-order chi connectivity index (χ0) is 22.1. The number of nitrogen functional groups attached to an aromatic ring is 1. The first-order valence-corrected chi connectivity index (χ1v) is 12.2. The summed E-state index contributed by atoms with van der Waals surface area (Å²) in [6.45, 7) is 2.95. The zero-order valence-corrected chi connectivity index (χ0v) is 18.7. The molecule has 0 spiro atoms. The molecule has 1 saturated carbocycles. The van der Waals surface area contributed by atoms with Crippen LogP contribution in [0.25, 0.3) is 5.52 Å². The maximum atomic E-state index is 10.9. The fourth-order valence-electron chi connectivity index (χ4n) is 4.20. The van der Waals surface area contributed by atoms with Gasteiger partial charge in [0.05, 0.1) is 34.8 Å². The molecule has 2 aromatic heterocycles. The third-order valence-corrected chi connectivity index (χ3v) is 7.72. The number of nitrogens with zero attached hydrogens (tertiary/aromatic N) is 5. The van der Waals surface area contributed by atoms with E-state index in [0.29, 0.717) is 29.1 Å². The van der Waals surface area contributed by atoms with Crippen molar-refractivity contribution >= 4 is 33.1 Å². The van der Waals surface area contributed by atoms with E-state index in [1.54, 1.807) is 10.7 Å². The Balaban J connectivity index is 0.000000199. The molecule has 0 bridgehead atoms. The lowest BCUT2D eigenvalue weighted by Gasteiger charge is -2.41. The van der Waals surface area contributed by atoms with Crippen molar-refractivity contribution in [1.29, 1.82) is 5.26 Å². The summed E-state index contributed by atoms with van der Waals surface area (Å²) in [5.41, 5.74) is 7.74. The zero-order valence-electron chi connectivity index (χ0n) is 17.2. The summed E-state index contributed by atoms with van der Waals surface area (Å²) in [6, 6.07) is 2.22. The van der Waals surface area contributed by atoms with Crippen molar-refractivity contribution in [3.8, 4) is 6.07 Å². The molecule has 1 aliphatic heterocycles. The average molecular weight is 455 g/mol. The molecule has 9 nitrogen and oxygen atoms in total. The van der Waals surface area contributed by atoms with E-state index < -0.39 is 16.1 Å². The summed E-state index contributed by atoms with van der Waals surface area (Å²) in [4.78, 5) is 3.96. The van der Waals surface area contributed by atoms with E-state index in [9.17, 15) is 13.7 Å². The van der Waals surface area contributed by atoms with Gasteiger partial charge >= 0.3 is 0 Å². The monoisotopic (exact) mass is 454 g/mol. The predicted octanol–water partition coefficient (Wildman–Crippen LogP) is 2.07. The molecule has 1 unspecified atom stereocenters. The highest BCUT2D eigenvalue weighted by Gasteiger charge is 2.42. The molecule has 0 radical (unpaired) electrons. The van der Waals surface area contributed by atoms with Crippen LogP contribution in [-0.4, -0.2) is 57.9 Å². The van der Waals surface area contributed by atoms with Gasteiger partial charge in [-0.05, 0) is 32.1 Å². The third kappa shape index (κ3) is 4.25. The largest absolute Gasteiger partial charge is 0.392 e. The van der Waals surface area contributed by atoms with E-state index in [4.69, 9.17) is 22.4 Å². The van der Waals surface area contributed by atoms with Crippen LogP contribution in [0.1, 0.15) is 56.7 Å². The number of aliphatic hydroxyl groups is 1. The number of sulfonamides is 1. The Kier molecular flexibility index (Phi) is 6.57. The fraction of sp³-hybridized carbons (Fsp3) is 0.632. The summed E-state index contributed by atoms with van der Waals surface area (Å²) >= 11 is 6.29. The highest BCUT2D eigenvalue weighted by molar-refractivity contribution is 7.88. The quantitative estimate of drug-likeness (QED) is 0.723. The maximum absolute atomic E-state index is 10.9. The van der Waals surface area contributed by atoms with Crippen molar-refractivity contribution in [1.82, 2.24) is 18.9 Å². The van der Waals surface area contributed by atoms with Crippen LogP contribution in [0.2, 0.25) is 5.02 Å². The number of anilines is 1. The highest BCUT2D eigenvalue weighted by atomic mass is 35.5. The molecule has 0 amide bonds. The van der Waals surface area contributed by atoms with Gasteiger partial charge in [0.1, 0.15) is 11.6 Å². The first-order valence-electron chi connectivity index (χ1n) is 9.99. The number of aromatic nitrogens is 3. The Hall–Kier alpha value is -1.93. The van der Waals surface area contributed by atoms with Gasteiger partial charge < -0.3 is 10.8 Å². The van der Waals surface area contributed by atoms with Crippen molar-refractivity contribution in [2.75, 3.05) is 25.1 Å². The number of β-amino-alcohol motifs (C(OH)–C–C–N with tert-alkyl or cyclic N) is 1. The lowest BCUT2D eigenvalue weighted by Crippen LogP contribution is -2.41. The van der Waals surface area contributed by atoms with Gasteiger partial charge in [0.15, 0.2) is 0 Å². The summed E-state index contributed by atoms with van der Waals surface area (Å²) in [5, 5.41) is 23.2. The van der Waals surface area contributed by atoms with Crippen molar-refractivity contribution in [2.45, 2.75) is 57.0 Å². The number of halogens is 1. The predicted molar refractivity (Wildman–Crippen MR) is 115 cm³/mol. The molecular formula is C19H27ClN6O3S. The van der Waals surface area contributed by atoms with Gasteiger partial charge in [-0.3, -0.25) is 0 Å². The van der Waals surface area contributed by atoms with Crippen LogP contribution in [0.15, 0.2) is 6.20 Å². The van der Waals surface area contributed by atoms with Gasteiger partial charge in [-0.15, -0.1) is 5.10 Å². The standard InChI is InChI=1S/C13H14ClN5.C6H13NO3S/c1-2-13(4-3-5-13)11-8(6-15)10(14)9-7-17-12(16)18-19(9)11;1-11(9,10)7-4-2-3-6(8)5-7/h7H,2-5H2,1H3,(H2,16,18);6,8H,2-5H2,1H3. The van der Waals surface area contributed by atoms with Crippen LogP contribution in [0.3, 0.4) is 0 Å². The molecule has 11 heteroatoms. The van der Waals surface area contributed by atoms with Crippen molar-refractivity contribution in [2.24, 2.45) is 0 Å². The van der Waals surface area contributed by atoms with Crippen LogP contribution in [0.4, 0.5) is 5.95 Å². The lowest BCUT2D eigenvalue weighted by molar-refractivity contribution is 0.108. The molecule has 164 valence electrons. The number of nitriles is 1. The minimum Gasteiger partial charge on any atom is -0.392 e. The van der Waals surface area contributed by atoms with Gasteiger partial charge in [-0.25, -0.2) is 17.9 Å². The Labute approximate surface area is 181 Å². The number of rotatable bonds is 3. The third-order valence-electron chi connectivity index (χ3n) is 6.07. The maximum Gasteiger partial charge on any atom is 0.238 e. The van der Waals surface area contributed by atoms with Gasteiger partial charge in [-0.2, -0.15) is 9.57 Å². The van der Waals surface area contributed by atoms with Crippen LogP contribution in [-0.2, 0) is 15.4 Å². The SMILES string of the molecule is CCC1(c2c(C#N)c(Cl)c3cnc(N)nn23)CCC1.CS(=O)(=O)N1CCCC(O)C1. The Morgan fingerprint density at radius 2 is 2.13 bits per heavy atom.